The second-order valence-corrected chi connectivity index (χ2v) is 7.65. The molecule has 2 aromatic rings. The average Bonchev–Trinajstić information content (AvgIpc) is 2.73. The van der Waals surface area contributed by atoms with Gasteiger partial charge in [0.25, 0.3) is 0 Å². The molecule has 1 N–H and O–H groups in total. The number of aliphatic imine (C=N–C) groups is 1. The first-order chi connectivity index (χ1) is 14.5. The molecule has 2 aromatic carbocycles. The predicted molar refractivity (Wildman–Crippen MR) is 115 cm³/mol. The van der Waals surface area contributed by atoms with E-state index in [2.05, 4.69) is 15.2 Å². The van der Waals surface area contributed by atoms with Gasteiger partial charge in [0.1, 0.15) is 24.0 Å². The number of hydrogen-bond acceptors (Lipinski definition) is 5. The van der Waals surface area contributed by atoms with Crippen molar-refractivity contribution in [1.82, 2.24) is 10.2 Å². The van der Waals surface area contributed by atoms with Crippen LogP contribution in [-0.2, 0) is 0 Å². The highest BCUT2D eigenvalue weighted by Crippen LogP contribution is 2.29. The molecule has 30 heavy (non-hydrogen) atoms. The molecule has 2 unspecified atom stereocenters. The van der Waals surface area contributed by atoms with Crippen molar-refractivity contribution in [3.05, 3.63) is 71.9 Å². The summed E-state index contributed by atoms with van der Waals surface area (Å²) in [5.74, 6) is -0.156. The number of likely N-dealkylation sites (N-methyl/N-ethyl adjacent to an activating group) is 1. The number of ether oxygens (including phenoxy) is 1. The topological polar surface area (TPSA) is 40.1 Å². The first-order valence-electron chi connectivity index (χ1n) is 10.1. The Labute approximate surface area is 175 Å². The van der Waals surface area contributed by atoms with Gasteiger partial charge in [0.05, 0.1) is 0 Å². The molecule has 0 amide bonds. The Bertz CT molecular complexity index is 962. The van der Waals surface area contributed by atoms with Gasteiger partial charge in [-0.15, -0.1) is 0 Å². The van der Waals surface area contributed by atoms with Crippen molar-refractivity contribution in [2.24, 2.45) is 4.99 Å². The van der Waals surface area contributed by atoms with E-state index in [4.69, 9.17) is 4.74 Å². The molecule has 2 aliphatic rings. The molecular weight excluding hydrogens is 386 g/mol. The Balaban J connectivity index is 1.53. The van der Waals surface area contributed by atoms with Crippen LogP contribution in [0.3, 0.4) is 0 Å². The van der Waals surface area contributed by atoms with Crippen molar-refractivity contribution in [2.75, 3.05) is 38.2 Å². The molecule has 7 heteroatoms. The molecule has 4 rings (SSSR count). The molecule has 1 fully saturated rings. The summed E-state index contributed by atoms with van der Waals surface area (Å²) >= 11 is 0. The lowest BCUT2D eigenvalue weighted by atomic mass is 10.0. The van der Waals surface area contributed by atoms with Crippen LogP contribution in [0.4, 0.5) is 14.5 Å². The summed E-state index contributed by atoms with van der Waals surface area (Å²) in [6, 6.07) is 11.3. The fourth-order valence-corrected chi connectivity index (χ4v) is 3.83. The van der Waals surface area contributed by atoms with Gasteiger partial charge in [0, 0.05) is 54.9 Å². The minimum atomic E-state index is -0.373. The van der Waals surface area contributed by atoms with Crippen LogP contribution >= 0.6 is 0 Å². The van der Waals surface area contributed by atoms with Gasteiger partial charge in [-0.25, -0.2) is 8.78 Å². The molecule has 0 aliphatic carbocycles. The predicted octanol–water partition coefficient (Wildman–Crippen LogP) is 3.74. The van der Waals surface area contributed by atoms with Gasteiger partial charge < -0.3 is 15.0 Å². The highest BCUT2D eigenvalue weighted by Gasteiger charge is 2.25. The molecule has 1 saturated heterocycles. The lowest BCUT2D eigenvalue weighted by Gasteiger charge is -2.34. The first-order valence-corrected chi connectivity index (χ1v) is 10.1. The van der Waals surface area contributed by atoms with Crippen LogP contribution in [0, 0.1) is 11.6 Å². The maximum Gasteiger partial charge on any atom is 0.159 e. The van der Waals surface area contributed by atoms with E-state index in [0.717, 1.165) is 25.3 Å². The molecule has 158 valence electrons. The smallest absolute Gasteiger partial charge is 0.159 e. The Morgan fingerprint density at radius 1 is 1.20 bits per heavy atom. The summed E-state index contributed by atoms with van der Waals surface area (Å²) < 4.78 is 34.2. The number of rotatable bonds is 5. The van der Waals surface area contributed by atoms with E-state index < -0.39 is 0 Å². The van der Waals surface area contributed by atoms with E-state index in [9.17, 15) is 4.39 Å². The Kier molecular flexibility index (Phi) is 6.11. The summed E-state index contributed by atoms with van der Waals surface area (Å²) in [7, 11) is 2.02. The maximum absolute atomic E-state index is 15.0. The number of hydrogen-bond donors (Lipinski definition) is 1. The Morgan fingerprint density at radius 2 is 2.07 bits per heavy atom. The number of piperazine rings is 1. The second-order valence-electron chi connectivity index (χ2n) is 7.65. The molecule has 0 spiro atoms. The van der Waals surface area contributed by atoms with Crippen molar-refractivity contribution < 1.29 is 13.5 Å². The lowest BCUT2D eigenvalue weighted by molar-refractivity contribution is 0.198. The van der Waals surface area contributed by atoms with Crippen molar-refractivity contribution in [3.63, 3.8) is 0 Å². The number of anilines is 1. The third-order valence-corrected chi connectivity index (χ3v) is 5.50. The number of allylic oxidation sites excluding steroid dienone is 1. The molecule has 2 aliphatic heterocycles. The minimum absolute atomic E-state index is 0.0112. The Morgan fingerprint density at radius 3 is 2.83 bits per heavy atom. The summed E-state index contributed by atoms with van der Waals surface area (Å²) in [4.78, 5) is 8.67. The summed E-state index contributed by atoms with van der Waals surface area (Å²) in [5.41, 5.74) is 2.23. The number of halogens is 2. The second kappa shape index (κ2) is 8.93. The van der Waals surface area contributed by atoms with E-state index in [-0.39, 0.29) is 30.4 Å². The van der Waals surface area contributed by atoms with Gasteiger partial charge >= 0.3 is 0 Å². The van der Waals surface area contributed by atoms with Crippen LogP contribution in [-0.4, -0.2) is 50.1 Å². The van der Waals surface area contributed by atoms with E-state index in [1.165, 1.54) is 12.1 Å². The van der Waals surface area contributed by atoms with Gasteiger partial charge in [-0.1, -0.05) is 12.1 Å². The Hall–Kier alpha value is -2.77. The van der Waals surface area contributed by atoms with Gasteiger partial charge in [-0.3, -0.25) is 9.89 Å². The third-order valence-electron chi connectivity index (χ3n) is 5.50. The van der Waals surface area contributed by atoms with Gasteiger partial charge in [-0.2, -0.15) is 0 Å². The van der Waals surface area contributed by atoms with Gasteiger partial charge in [0.15, 0.2) is 6.17 Å². The number of benzene rings is 2. The van der Waals surface area contributed by atoms with E-state index in [1.807, 2.05) is 43.3 Å². The average molecular weight is 412 g/mol. The van der Waals surface area contributed by atoms with Gasteiger partial charge in [-0.05, 0) is 44.3 Å². The van der Waals surface area contributed by atoms with E-state index >= 15 is 4.39 Å². The SMILES string of the molecule is CC1=NC(COc2cccc(F)c2)N(c2ccc(C3CNCCN3C)c(F)c2)C=C1. The molecule has 0 aromatic heterocycles. The third kappa shape index (κ3) is 4.52. The van der Waals surface area contributed by atoms with E-state index in [0.29, 0.717) is 17.0 Å². The molecule has 5 nitrogen and oxygen atoms in total. The largest absolute Gasteiger partial charge is 0.489 e. The zero-order chi connectivity index (χ0) is 21.1. The molecular formula is C23H26F2N4O. The first kappa shape index (κ1) is 20.5. The van der Waals surface area contributed by atoms with Crippen molar-refractivity contribution in [2.45, 2.75) is 19.1 Å². The van der Waals surface area contributed by atoms with Crippen LogP contribution in [0.1, 0.15) is 18.5 Å². The van der Waals surface area contributed by atoms with Crippen LogP contribution in [0.25, 0.3) is 0 Å². The molecule has 0 saturated carbocycles. The summed E-state index contributed by atoms with van der Waals surface area (Å²) in [6.45, 7) is 4.64. The fourth-order valence-electron chi connectivity index (χ4n) is 3.83. The highest BCUT2D eigenvalue weighted by molar-refractivity contribution is 5.94. The molecule has 2 heterocycles. The van der Waals surface area contributed by atoms with Gasteiger partial charge in [0.2, 0.25) is 0 Å². The van der Waals surface area contributed by atoms with Crippen LogP contribution in [0.2, 0.25) is 0 Å². The maximum atomic E-state index is 15.0. The normalized spacial score (nSPS) is 22.1. The fraction of sp³-hybridized carbons (Fsp3) is 0.348. The minimum Gasteiger partial charge on any atom is -0.489 e. The zero-order valence-electron chi connectivity index (χ0n) is 17.2. The lowest BCUT2D eigenvalue weighted by Crippen LogP contribution is -2.44. The summed E-state index contributed by atoms with van der Waals surface area (Å²) in [5, 5.41) is 3.33. The number of nitrogens with one attached hydrogen (secondary N) is 1. The van der Waals surface area contributed by atoms with E-state index in [1.54, 1.807) is 18.2 Å². The summed E-state index contributed by atoms with van der Waals surface area (Å²) in [6.07, 6.45) is 3.39. The van der Waals surface area contributed by atoms with Crippen LogP contribution in [0.5, 0.6) is 5.75 Å². The molecule has 0 radical (unpaired) electrons. The quantitative estimate of drug-likeness (QED) is 0.812. The zero-order valence-corrected chi connectivity index (χ0v) is 17.2. The monoisotopic (exact) mass is 412 g/mol. The van der Waals surface area contributed by atoms with Crippen molar-refractivity contribution in [3.8, 4) is 5.75 Å². The van der Waals surface area contributed by atoms with Crippen molar-refractivity contribution >= 4 is 11.4 Å². The number of nitrogens with zero attached hydrogens (tertiary/aromatic N) is 3. The highest BCUT2D eigenvalue weighted by atomic mass is 19.1. The van der Waals surface area contributed by atoms with Crippen LogP contribution < -0.4 is 15.0 Å². The van der Waals surface area contributed by atoms with Crippen LogP contribution in [0.15, 0.2) is 59.7 Å². The molecule has 2 atom stereocenters. The standard InChI is InChI=1S/C23H26F2N4O/c1-16-8-10-29(23(27-16)15-30-19-5-3-4-17(24)12-19)18-6-7-20(21(25)13-18)22-14-26-9-11-28(22)2/h3-8,10,12-13,22-23,26H,9,11,14-15H2,1-2H3. The van der Waals surface area contributed by atoms with Crippen molar-refractivity contribution in [1.29, 1.82) is 0 Å². The molecule has 0 bridgehead atoms.